The molecule has 5 heteroatoms. The number of hydrogen-bond donors (Lipinski definition) is 2. The number of nitrogens with one attached hydrogen (secondary N) is 1. The molecule has 0 bridgehead atoms. The van der Waals surface area contributed by atoms with Gasteiger partial charge in [0.25, 0.3) is 0 Å². The maximum Gasteiger partial charge on any atom is 0.237 e. The number of amides is 2. The van der Waals surface area contributed by atoms with Crippen LogP contribution in [0.5, 0.6) is 0 Å². The van der Waals surface area contributed by atoms with Crippen molar-refractivity contribution in [2.24, 2.45) is 11.7 Å². The maximum atomic E-state index is 12.2. The first-order chi connectivity index (χ1) is 9.91. The van der Waals surface area contributed by atoms with E-state index in [-0.39, 0.29) is 29.8 Å². The highest BCUT2D eigenvalue weighted by atomic mass is 16.2. The predicted molar refractivity (Wildman–Crippen MR) is 82.5 cm³/mol. The summed E-state index contributed by atoms with van der Waals surface area (Å²) in [4.78, 5) is 26.2. The summed E-state index contributed by atoms with van der Waals surface area (Å²) < 4.78 is 0. The zero-order chi connectivity index (χ0) is 15.6. The minimum absolute atomic E-state index is 0.0561. The third-order valence-corrected chi connectivity index (χ3v) is 4.74. The molecule has 0 aromatic carbocycles. The molecule has 2 amide bonds. The van der Waals surface area contributed by atoms with Crippen molar-refractivity contribution in [1.29, 1.82) is 0 Å². The van der Waals surface area contributed by atoms with Gasteiger partial charge in [0.05, 0.1) is 12.1 Å². The van der Waals surface area contributed by atoms with Gasteiger partial charge in [0, 0.05) is 19.0 Å². The summed E-state index contributed by atoms with van der Waals surface area (Å²) in [7, 11) is 0. The second kappa shape index (κ2) is 6.77. The van der Waals surface area contributed by atoms with Crippen LogP contribution >= 0.6 is 0 Å². The number of nitrogens with two attached hydrogens (primary N) is 1. The van der Waals surface area contributed by atoms with E-state index in [1.54, 1.807) is 6.92 Å². The molecular formula is C16H29N3O2. The topological polar surface area (TPSA) is 75.4 Å². The number of carbonyl (C=O) groups excluding carboxylic acids is 2. The average Bonchev–Trinajstić information content (AvgIpc) is 3.24. The van der Waals surface area contributed by atoms with Gasteiger partial charge >= 0.3 is 0 Å². The van der Waals surface area contributed by atoms with Gasteiger partial charge in [-0.15, -0.1) is 0 Å². The van der Waals surface area contributed by atoms with Crippen molar-refractivity contribution in [3.8, 4) is 0 Å². The van der Waals surface area contributed by atoms with Gasteiger partial charge in [-0.3, -0.25) is 9.59 Å². The molecule has 0 heterocycles. The molecule has 3 atom stereocenters. The molecule has 5 nitrogen and oxygen atoms in total. The highest BCUT2D eigenvalue weighted by Crippen LogP contribution is 2.34. The third-order valence-electron chi connectivity index (χ3n) is 4.74. The van der Waals surface area contributed by atoms with Gasteiger partial charge in [0.1, 0.15) is 0 Å². The van der Waals surface area contributed by atoms with Crippen molar-refractivity contribution >= 4 is 11.8 Å². The summed E-state index contributed by atoms with van der Waals surface area (Å²) in [6, 6.07) is 0.121. The lowest BCUT2D eigenvalue weighted by Crippen LogP contribution is -2.58. The first kappa shape index (κ1) is 16.3. The van der Waals surface area contributed by atoms with Crippen molar-refractivity contribution < 1.29 is 9.59 Å². The second-order valence-corrected chi connectivity index (χ2v) is 6.89. The fourth-order valence-corrected chi connectivity index (χ4v) is 3.31. The van der Waals surface area contributed by atoms with Crippen molar-refractivity contribution in [1.82, 2.24) is 10.2 Å². The van der Waals surface area contributed by atoms with Crippen LogP contribution in [0.3, 0.4) is 0 Å². The summed E-state index contributed by atoms with van der Waals surface area (Å²) in [5.41, 5.74) is 5.94. The molecule has 0 radical (unpaired) electrons. The summed E-state index contributed by atoms with van der Waals surface area (Å²) in [5, 5.41) is 3.11. The predicted octanol–water partition coefficient (Wildman–Crippen LogP) is 1.41. The zero-order valence-electron chi connectivity index (χ0n) is 13.5. The lowest BCUT2D eigenvalue weighted by Gasteiger charge is -2.40. The Labute approximate surface area is 127 Å². The second-order valence-electron chi connectivity index (χ2n) is 6.89. The zero-order valence-corrected chi connectivity index (χ0v) is 13.5. The van der Waals surface area contributed by atoms with Crippen LogP contribution in [0.4, 0.5) is 0 Å². The van der Waals surface area contributed by atoms with Crippen LogP contribution in [-0.4, -0.2) is 40.9 Å². The van der Waals surface area contributed by atoms with Crippen molar-refractivity contribution in [3.63, 3.8) is 0 Å². The minimum atomic E-state index is -0.473. The van der Waals surface area contributed by atoms with Crippen LogP contribution in [0, 0.1) is 5.92 Å². The van der Waals surface area contributed by atoms with Crippen LogP contribution in [0.25, 0.3) is 0 Å². The molecule has 3 N–H and O–H groups in total. The van der Waals surface area contributed by atoms with E-state index in [1.165, 1.54) is 0 Å². The minimum Gasteiger partial charge on any atom is -0.350 e. The van der Waals surface area contributed by atoms with E-state index in [0.717, 1.165) is 38.5 Å². The van der Waals surface area contributed by atoms with E-state index in [0.29, 0.717) is 6.04 Å². The van der Waals surface area contributed by atoms with Gasteiger partial charge in [-0.25, -0.2) is 0 Å². The van der Waals surface area contributed by atoms with Crippen LogP contribution < -0.4 is 11.1 Å². The molecule has 120 valence electrons. The van der Waals surface area contributed by atoms with E-state index in [4.69, 9.17) is 5.73 Å². The summed E-state index contributed by atoms with van der Waals surface area (Å²) >= 11 is 0. The largest absolute Gasteiger partial charge is 0.350 e. The summed E-state index contributed by atoms with van der Waals surface area (Å²) in [6.45, 7) is 5.55. The molecule has 0 spiro atoms. The lowest BCUT2D eigenvalue weighted by molar-refractivity contribution is -0.135. The van der Waals surface area contributed by atoms with Crippen LogP contribution in [0.1, 0.15) is 59.3 Å². The Hall–Kier alpha value is -1.10. The van der Waals surface area contributed by atoms with E-state index in [2.05, 4.69) is 5.32 Å². The molecule has 21 heavy (non-hydrogen) atoms. The summed E-state index contributed by atoms with van der Waals surface area (Å²) in [6.07, 6.45) is 6.36. The molecule has 2 aliphatic carbocycles. The fourth-order valence-electron chi connectivity index (χ4n) is 3.31. The van der Waals surface area contributed by atoms with Gasteiger partial charge < -0.3 is 16.0 Å². The smallest absolute Gasteiger partial charge is 0.237 e. The Morgan fingerprint density at radius 2 is 1.76 bits per heavy atom. The first-order valence-electron chi connectivity index (χ1n) is 8.26. The Bertz CT molecular complexity index is 393. The summed E-state index contributed by atoms with van der Waals surface area (Å²) in [5.74, 6) is 0.178. The molecule has 2 fully saturated rings. The van der Waals surface area contributed by atoms with E-state index in [1.807, 2.05) is 18.7 Å². The molecular weight excluding hydrogens is 266 g/mol. The molecule has 0 aromatic heterocycles. The number of hydrogen-bond acceptors (Lipinski definition) is 3. The Morgan fingerprint density at radius 3 is 2.29 bits per heavy atom. The number of carbonyl (C=O) groups is 2. The maximum absolute atomic E-state index is 12.2. The first-order valence-corrected chi connectivity index (χ1v) is 8.26. The molecule has 0 aromatic rings. The third kappa shape index (κ3) is 3.96. The van der Waals surface area contributed by atoms with Crippen LogP contribution in [0.15, 0.2) is 0 Å². The van der Waals surface area contributed by atoms with E-state index in [9.17, 15) is 9.59 Å². The average molecular weight is 295 g/mol. The van der Waals surface area contributed by atoms with Crippen molar-refractivity contribution in [2.75, 3.05) is 0 Å². The van der Waals surface area contributed by atoms with Gasteiger partial charge in [0.15, 0.2) is 0 Å². The monoisotopic (exact) mass is 295 g/mol. The quantitative estimate of drug-likeness (QED) is 0.805. The van der Waals surface area contributed by atoms with E-state index >= 15 is 0 Å². The molecule has 2 rings (SSSR count). The van der Waals surface area contributed by atoms with Crippen molar-refractivity contribution in [2.45, 2.75) is 83.5 Å². The van der Waals surface area contributed by atoms with E-state index < -0.39 is 6.04 Å². The standard InChI is InChI=1S/C16H29N3O2/c1-10(2)15(17)16(21)18-13-6-4-5-7-14(13)19(11(3)20)12-8-9-12/h10,12-15H,4-9,17H2,1-3H3,(H,18,21)/t13?,14?,15-/m0/s1. The van der Waals surface area contributed by atoms with Crippen LogP contribution in [0.2, 0.25) is 0 Å². The Kier molecular flexibility index (Phi) is 5.25. The lowest BCUT2D eigenvalue weighted by atomic mass is 9.88. The Balaban J connectivity index is 2.04. The highest BCUT2D eigenvalue weighted by molar-refractivity contribution is 5.82. The normalized spacial score (nSPS) is 27.3. The fraction of sp³-hybridized carbons (Fsp3) is 0.875. The SMILES string of the molecule is CC(=O)N(C1CC1)C1CCCCC1NC(=O)[C@@H](N)C(C)C. The molecule has 0 aliphatic heterocycles. The Morgan fingerprint density at radius 1 is 1.14 bits per heavy atom. The van der Waals surface area contributed by atoms with Gasteiger partial charge in [-0.1, -0.05) is 26.7 Å². The van der Waals surface area contributed by atoms with Crippen LogP contribution in [-0.2, 0) is 9.59 Å². The van der Waals surface area contributed by atoms with Gasteiger partial charge in [0.2, 0.25) is 11.8 Å². The molecule has 2 saturated carbocycles. The molecule has 2 unspecified atom stereocenters. The molecule has 0 saturated heterocycles. The molecule has 2 aliphatic rings. The van der Waals surface area contributed by atoms with Gasteiger partial charge in [-0.05, 0) is 31.6 Å². The van der Waals surface area contributed by atoms with Crippen molar-refractivity contribution in [3.05, 3.63) is 0 Å². The highest BCUT2D eigenvalue weighted by Gasteiger charge is 2.40. The number of rotatable bonds is 5. The van der Waals surface area contributed by atoms with Gasteiger partial charge in [-0.2, -0.15) is 0 Å². The number of nitrogens with zero attached hydrogens (tertiary/aromatic N) is 1.